The summed E-state index contributed by atoms with van der Waals surface area (Å²) in [6.45, 7) is 5.85. The molecule has 0 heterocycles. The van der Waals surface area contributed by atoms with Gasteiger partial charge in [-0.2, -0.15) is 0 Å². The molecule has 0 aromatic heterocycles. The Morgan fingerprint density at radius 2 is 1.87 bits per heavy atom. The van der Waals surface area contributed by atoms with E-state index in [-0.39, 0.29) is 12.4 Å². The third-order valence-electron chi connectivity index (χ3n) is 3.60. The van der Waals surface area contributed by atoms with Crippen molar-refractivity contribution < 1.29 is 14.3 Å². The Morgan fingerprint density at radius 3 is 2.57 bits per heavy atom. The van der Waals surface area contributed by atoms with Crippen LogP contribution in [0.4, 0.5) is 0 Å². The van der Waals surface area contributed by atoms with Crippen molar-refractivity contribution in [3.05, 3.63) is 64.7 Å². The van der Waals surface area contributed by atoms with Gasteiger partial charge in [0.1, 0.15) is 0 Å². The van der Waals surface area contributed by atoms with E-state index in [4.69, 9.17) is 9.47 Å². The Labute approximate surface area is 137 Å². The summed E-state index contributed by atoms with van der Waals surface area (Å²) in [5.74, 6) is 1.15. The first-order valence-electron chi connectivity index (χ1n) is 7.59. The predicted octanol–water partition coefficient (Wildman–Crippen LogP) is 4.61. The standard InChI is InChI=1S/C20H22O3/c1-5-6-16-9-10-19(20(12-16)22-4)23-13-18(21)17-11-14(2)7-8-15(17)3/h5-12H,13H2,1-4H3/b6-5+. The van der Waals surface area contributed by atoms with Gasteiger partial charge in [-0.3, -0.25) is 4.79 Å². The van der Waals surface area contributed by atoms with Gasteiger partial charge in [-0.15, -0.1) is 0 Å². The molecule has 2 aromatic carbocycles. The number of allylic oxidation sites excluding steroid dienone is 1. The second kappa shape index (κ2) is 7.63. The van der Waals surface area contributed by atoms with Gasteiger partial charge in [0.2, 0.25) is 0 Å². The maximum atomic E-state index is 12.4. The number of ketones is 1. The largest absolute Gasteiger partial charge is 0.493 e. The van der Waals surface area contributed by atoms with Crippen molar-refractivity contribution in [1.82, 2.24) is 0 Å². The lowest BCUT2D eigenvalue weighted by atomic mass is 10.0. The SMILES string of the molecule is C/C=C/c1ccc(OCC(=O)c2cc(C)ccc2C)c(OC)c1. The third kappa shape index (κ3) is 4.22. The van der Waals surface area contributed by atoms with Gasteiger partial charge in [0.05, 0.1) is 7.11 Å². The van der Waals surface area contributed by atoms with Gasteiger partial charge < -0.3 is 9.47 Å². The van der Waals surface area contributed by atoms with Gasteiger partial charge in [0, 0.05) is 5.56 Å². The predicted molar refractivity (Wildman–Crippen MR) is 93.4 cm³/mol. The highest BCUT2D eigenvalue weighted by molar-refractivity contribution is 5.98. The fourth-order valence-corrected chi connectivity index (χ4v) is 2.36. The smallest absolute Gasteiger partial charge is 0.200 e. The Bertz CT molecular complexity index is 730. The number of Topliss-reactive ketones (excluding diaryl/α,β-unsaturated/α-hetero) is 1. The zero-order chi connectivity index (χ0) is 16.8. The highest BCUT2D eigenvalue weighted by Crippen LogP contribution is 2.28. The summed E-state index contributed by atoms with van der Waals surface area (Å²) in [4.78, 5) is 12.4. The number of methoxy groups -OCH3 is 1. The monoisotopic (exact) mass is 310 g/mol. The molecule has 0 aliphatic carbocycles. The first-order chi connectivity index (χ1) is 11.0. The molecule has 2 aromatic rings. The minimum absolute atomic E-state index is 0.0103. The fraction of sp³-hybridized carbons (Fsp3) is 0.250. The molecule has 2 rings (SSSR count). The molecule has 0 unspecified atom stereocenters. The first kappa shape index (κ1) is 16.8. The van der Waals surface area contributed by atoms with Crippen LogP contribution in [0.25, 0.3) is 6.08 Å². The van der Waals surface area contributed by atoms with E-state index in [1.165, 1.54) is 0 Å². The van der Waals surface area contributed by atoms with Gasteiger partial charge in [-0.05, 0) is 50.1 Å². The Balaban J connectivity index is 2.14. The summed E-state index contributed by atoms with van der Waals surface area (Å²) in [5.41, 5.74) is 3.75. The van der Waals surface area contributed by atoms with Crippen LogP contribution in [0.15, 0.2) is 42.5 Å². The van der Waals surface area contributed by atoms with Crippen molar-refractivity contribution >= 4 is 11.9 Å². The second-order valence-corrected chi connectivity index (χ2v) is 5.44. The molecule has 0 aliphatic heterocycles. The molecule has 23 heavy (non-hydrogen) atoms. The topological polar surface area (TPSA) is 35.5 Å². The quantitative estimate of drug-likeness (QED) is 0.731. The maximum Gasteiger partial charge on any atom is 0.200 e. The van der Waals surface area contributed by atoms with Crippen LogP contribution in [0.2, 0.25) is 0 Å². The van der Waals surface area contributed by atoms with Crippen LogP contribution in [0.5, 0.6) is 11.5 Å². The highest BCUT2D eigenvalue weighted by Gasteiger charge is 2.12. The molecule has 120 valence electrons. The van der Waals surface area contributed by atoms with Gasteiger partial charge >= 0.3 is 0 Å². The minimum atomic E-state index is -0.0363. The summed E-state index contributed by atoms with van der Waals surface area (Å²) in [5, 5.41) is 0. The van der Waals surface area contributed by atoms with Gasteiger partial charge in [0.15, 0.2) is 23.9 Å². The lowest BCUT2D eigenvalue weighted by Gasteiger charge is -2.12. The molecule has 0 radical (unpaired) electrons. The summed E-state index contributed by atoms with van der Waals surface area (Å²) in [7, 11) is 1.59. The van der Waals surface area contributed by atoms with E-state index in [1.54, 1.807) is 7.11 Å². The van der Waals surface area contributed by atoms with Crippen molar-refractivity contribution in [3.8, 4) is 11.5 Å². The van der Waals surface area contributed by atoms with Crippen molar-refractivity contribution in [2.75, 3.05) is 13.7 Å². The fourth-order valence-electron chi connectivity index (χ4n) is 2.36. The molecule has 0 amide bonds. The van der Waals surface area contributed by atoms with Crippen molar-refractivity contribution in [2.45, 2.75) is 20.8 Å². The van der Waals surface area contributed by atoms with Crippen molar-refractivity contribution in [2.24, 2.45) is 0 Å². The number of hydrogen-bond acceptors (Lipinski definition) is 3. The van der Waals surface area contributed by atoms with Gasteiger partial charge in [-0.25, -0.2) is 0 Å². The molecule has 0 atom stereocenters. The van der Waals surface area contributed by atoms with Gasteiger partial charge in [0.25, 0.3) is 0 Å². The molecule has 0 saturated heterocycles. The van der Waals surface area contributed by atoms with Crippen molar-refractivity contribution in [3.63, 3.8) is 0 Å². The number of hydrogen-bond donors (Lipinski definition) is 0. The zero-order valence-electron chi connectivity index (χ0n) is 14.1. The van der Waals surface area contributed by atoms with Crippen LogP contribution in [0.1, 0.15) is 34.0 Å². The molecule has 3 nitrogen and oxygen atoms in total. The second-order valence-electron chi connectivity index (χ2n) is 5.44. The van der Waals surface area contributed by atoms with E-state index in [2.05, 4.69) is 0 Å². The number of ether oxygens (including phenoxy) is 2. The summed E-state index contributed by atoms with van der Waals surface area (Å²) in [6, 6.07) is 11.5. The van der Waals surface area contributed by atoms with E-state index in [9.17, 15) is 4.79 Å². The van der Waals surface area contributed by atoms with Gasteiger partial charge in [-0.1, -0.05) is 35.9 Å². The lowest BCUT2D eigenvalue weighted by Crippen LogP contribution is -2.13. The molecule has 0 aliphatic rings. The average Bonchev–Trinajstić information content (AvgIpc) is 2.55. The van der Waals surface area contributed by atoms with Crippen LogP contribution in [-0.2, 0) is 0 Å². The molecule has 3 heteroatoms. The highest BCUT2D eigenvalue weighted by atomic mass is 16.5. The Hall–Kier alpha value is -2.55. The van der Waals surface area contributed by atoms with E-state index in [0.717, 1.165) is 16.7 Å². The van der Waals surface area contributed by atoms with Crippen LogP contribution >= 0.6 is 0 Å². The van der Waals surface area contributed by atoms with E-state index < -0.39 is 0 Å². The van der Waals surface area contributed by atoms with Crippen LogP contribution in [-0.4, -0.2) is 19.5 Å². The average molecular weight is 310 g/mol. The lowest BCUT2D eigenvalue weighted by molar-refractivity contribution is 0.0919. The van der Waals surface area contributed by atoms with E-state index in [0.29, 0.717) is 17.1 Å². The number of rotatable bonds is 6. The van der Waals surface area contributed by atoms with Crippen LogP contribution in [0.3, 0.4) is 0 Å². The Morgan fingerprint density at radius 1 is 1.09 bits per heavy atom. The molecule has 0 bridgehead atoms. The Kier molecular flexibility index (Phi) is 5.58. The zero-order valence-corrected chi connectivity index (χ0v) is 14.1. The van der Waals surface area contributed by atoms with Crippen molar-refractivity contribution in [1.29, 1.82) is 0 Å². The summed E-state index contributed by atoms with van der Waals surface area (Å²) >= 11 is 0. The molecule has 0 N–H and O–H groups in total. The maximum absolute atomic E-state index is 12.4. The van der Waals surface area contributed by atoms with Crippen LogP contribution in [0, 0.1) is 13.8 Å². The summed E-state index contributed by atoms with van der Waals surface area (Å²) in [6.07, 6.45) is 3.94. The molecule has 0 fully saturated rings. The first-order valence-corrected chi connectivity index (χ1v) is 7.59. The van der Waals surface area contributed by atoms with Crippen LogP contribution < -0.4 is 9.47 Å². The van der Waals surface area contributed by atoms with E-state index >= 15 is 0 Å². The minimum Gasteiger partial charge on any atom is -0.493 e. The molecule has 0 saturated carbocycles. The number of benzene rings is 2. The van der Waals surface area contributed by atoms with E-state index in [1.807, 2.05) is 69.3 Å². The normalized spacial score (nSPS) is 10.8. The molecular weight excluding hydrogens is 288 g/mol. The number of aryl methyl sites for hydroxylation is 2. The summed E-state index contributed by atoms with van der Waals surface area (Å²) < 4.78 is 11.0. The molecular formula is C20H22O3. The third-order valence-corrected chi connectivity index (χ3v) is 3.60. The number of carbonyl (C=O) groups excluding carboxylic acids is 1. The number of carbonyl (C=O) groups is 1. The molecule has 0 spiro atoms.